The van der Waals surface area contributed by atoms with E-state index in [4.69, 9.17) is 10.5 Å². The van der Waals surface area contributed by atoms with Gasteiger partial charge in [-0.15, -0.1) is 0 Å². The van der Waals surface area contributed by atoms with E-state index in [0.29, 0.717) is 31.1 Å². The van der Waals surface area contributed by atoms with Gasteiger partial charge in [-0.05, 0) is 62.0 Å². The molecule has 5 nitrogen and oxygen atoms in total. The van der Waals surface area contributed by atoms with Gasteiger partial charge >= 0.3 is 0 Å². The number of ether oxygens (including phenoxy) is 1. The molecule has 0 spiro atoms. The summed E-state index contributed by atoms with van der Waals surface area (Å²) in [5.41, 5.74) is 6.63. The van der Waals surface area contributed by atoms with Crippen LogP contribution in [0, 0.1) is 17.7 Å². The van der Waals surface area contributed by atoms with Gasteiger partial charge in [0.1, 0.15) is 0 Å². The maximum absolute atomic E-state index is 13.3. The Balaban J connectivity index is 0.000000203. The van der Waals surface area contributed by atoms with Crippen LogP contribution in [0.5, 0.6) is 5.75 Å². The van der Waals surface area contributed by atoms with Crippen LogP contribution >= 0.6 is 12.6 Å². The summed E-state index contributed by atoms with van der Waals surface area (Å²) >= 11 is 4.05. The van der Waals surface area contributed by atoms with Crippen molar-refractivity contribution in [2.75, 3.05) is 12.4 Å². The molecule has 0 bridgehead atoms. The number of carbonyl (C=O) groups excluding carboxylic acids is 2. The maximum Gasteiger partial charge on any atom is 0.230 e. The lowest BCUT2D eigenvalue weighted by Crippen LogP contribution is -2.21. The lowest BCUT2D eigenvalue weighted by Gasteiger charge is -2.10. The number of allylic oxidation sites excluding steroid dienone is 2. The van der Waals surface area contributed by atoms with Crippen molar-refractivity contribution in [3.05, 3.63) is 41.7 Å². The Morgan fingerprint density at radius 3 is 2.68 bits per heavy atom. The molecule has 1 saturated heterocycles. The van der Waals surface area contributed by atoms with Gasteiger partial charge in [-0.3, -0.25) is 14.9 Å². The highest BCUT2D eigenvalue weighted by Crippen LogP contribution is 2.30. The van der Waals surface area contributed by atoms with E-state index in [1.165, 1.54) is 18.9 Å². The van der Waals surface area contributed by atoms with Crippen LogP contribution in [-0.2, 0) is 9.59 Å². The number of benzene rings is 1. The minimum atomic E-state index is -0.306. The van der Waals surface area contributed by atoms with E-state index in [0.717, 1.165) is 17.7 Å². The number of thiol groups is 1. The standard InChI is InChI=1S/C12H16FNO.C9H13NO2S/c1-8(14)10-4-5-11(13)12(6-10)15-7-9-2-3-9;11-8-6-7(9(12)10-8)4-2-1-3-5-13/h4-6,8-9H,2-3,7,14H2,1H3;1-2,7,13H,3-6H2,(H,10,11,12)/b;2-1+. The number of imide groups is 1. The Kier molecular flexibility index (Phi) is 8.99. The summed E-state index contributed by atoms with van der Waals surface area (Å²) in [6.07, 6.45) is 8.24. The van der Waals surface area contributed by atoms with Crippen molar-refractivity contribution in [1.82, 2.24) is 5.32 Å². The minimum absolute atomic E-state index is 0.0890. The molecule has 3 N–H and O–H groups in total. The summed E-state index contributed by atoms with van der Waals surface area (Å²) in [6.45, 7) is 2.50. The van der Waals surface area contributed by atoms with Crippen LogP contribution in [0.1, 0.15) is 50.6 Å². The van der Waals surface area contributed by atoms with Crippen molar-refractivity contribution in [2.24, 2.45) is 17.6 Å². The van der Waals surface area contributed by atoms with Crippen LogP contribution < -0.4 is 15.8 Å². The van der Waals surface area contributed by atoms with Crippen LogP contribution in [0.2, 0.25) is 0 Å². The maximum atomic E-state index is 13.3. The molecule has 2 atom stereocenters. The lowest BCUT2D eigenvalue weighted by atomic mass is 10.0. The second-order valence-corrected chi connectivity index (χ2v) is 7.71. The molecule has 1 aliphatic carbocycles. The molecule has 3 rings (SSSR count). The van der Waals surface area contributed by atoms with Gasteiger partial charge in [-0.25, -0.2) is 4.39 Å². The van der Waals surface area contributed by atoms with E-state index in [1.54, 1.807) is 12.1 Å². The Morgan fingerprint density at radius 2 is 2.11 bits per heavy atom. The molecular weight excluding hydrogens is 379 g/mol. The highest BCUT2D eigenvalue weighted by molar-refractivity contribution is 7.80. The molecule has 1 aliphatic heterocycles. The molecule has 154 valence electrons. The first-order valence-corrected chi connectivity index (χ1v) is 10.3. The molecule has 0 radical (unpaired) electrons. The Labute approximate surface area is 171 Å². The topological polar surface area (TPSA) is 81.4 Å². The molecule has 2 aliphatic rings. The molecule has 2 amide bonds. The molecule has 1 aromatic carbocycles. The number of rotatable bonds is 8. The molecule has 1 saturated carbocycles. The monoisotopic (exact) mass is 408 g/mol. The molecule has 2 unspecified atom stereocenters. The van der Waals surface area contributed by atoms with Gasteiger partial charge in [-0.2, -0.15) is 12.6 Å². The average molecular weight is 409 g/mol. The zero-order chi connectivity index (χ0) is 20.5. The van der Waals surface area contributed by atoms with E-state index in [2.05, 4.69) is 17.9 Å². The van der Waals surface area contributed by atoms with Crippen molar-refractivity contribution >= 4 is 24.4 Å². The van der Waals surface area contributed by atoms with Crippen molar-refractivity contribution in [3.8, 4) is 5.75 Å². The fourth-order valence-corrected chi connectivity index (χ4v) is 2.81. The third-order valence-electron chi connectivity index (χ3n) is 4.60. The smallest absolute Gasteiger partial charge is 0.230 e. The number of hydrogen-bond acceptors (Lipinski definition) is 5. The van der Waals surface area contributed by atoms with Crippen molar-refractivity contribution in [2.45, 2.75) is 45.1 Å². The molecule has 2 fully saturated rings. The molecule has 0 aromatic heterocycles. The molecule has 1 heterocycles. The van der Waals surface area contributed by atoms with Gasteiger partial charge in [0.15, 0.2) is 11.6 Å². The van der Waals surface area contributed by atoms with E-state index in [1.807, 2.05) is 19.1 Å². The SMILES string of the molecule is CC(N)c1ccc(F)c(OCC2CC2)c1.O=C1CC(C/C=C/CCS)C(=O)N1. The van der Waals surface area contributed by atoms with E-state index < -0.39 is 0 Å². The van der Waals surface area contributed by atoms with E-state index >= 15 is 0 Å². The molecular formula is C21H29FN2O3S. The second-order valence-electron chi connectivity index (χ2n) is 7.27. The fourth-order valence-electron chi connectivity index (χ4n) is 2.66. The number of amides is 2. The first-order chi connectivity index (χ1) is 13.4. The quantitative estimate of drug-likeness (QED) is 0.349. The number of nitrogens with two attached hydrogens (primary N) is 1. The second kappa shape index (κ2) is 11.2. The summed E-state index contributed by atoms with van der Waals surface area (Å²) in [4.78, 5) is 21.9. The van der Waals surface area contributed by atoms with Crippen molar-refractivity contribution < 1.29 is 18.7 Å². The normalized spacial score (nSPS) is 19.9. The van der Waals surface area contributed by atoms with Crippen LogP contribution in [0.25, 0.3) is 0 Å². The van der Waals surface area contributed by atoms with Crippen LogP contribution in [0.3, 0.4) is 0 Å². The lowest BCUT2D eigenvalue weighted by molar-refractivity contribution is -0.125. The summed E-state index contributed by atoms with van der Waals surface area (Å²) in [5.74, 6) is 1.02. The van der Waals surface area contributed by atoms with Gasteiger partial charge < -0.3 is 10.5 Å². The Bertz CT molecular complexity index is 705. The highest BCUT2D eigenvalue weighted by Gasteiger charge is 2.28. The van der Waals surface area contributed by atoms with Gasteiger partial charge in [0.2, 0.25) is 11.8 Å². The first kappa shape index (κ1) is 22.4. The molecule has 28 heavy (non-hydrogen) atoms. The van der Waals surface area contributed by atoms with Crippen molar-refractivity contribution in [1.29, 1.82) is 0 Å². The van der Waals surface area contributed by atoms with Gasteiger partial charge in [0.05, 0.1) is 12.5 Å². The van der Waals surface area contributed by atoms with E-state index in [9.17, 15) is 14.0 Å². The molecule has 1 aromatic rings. The van der Waals surface area contributed by atoms with Gasteiger partial charge in [-0.1, -0.05) is 18.2 Å². The predicted octanol–water partition coefficient (Wildman–Crippen LogP) is 3.55. The minimum Gasteiger partial charge on any atom is -0.490 e. The highest BCUT2D eigenvalue weighted by atomic mass is 32.1. The summed E-state index contributed by atoms with van der Waals surface area (Å²) in [7, 11) is 0. The summed E-state index contributed by atoms with van der Waals surface area (Å²) in [5, 5.41) is 2.28. The number of hydrogen-bond donors (Lipinski definition) is 3. The van der Waals surface area contributed by atoms with Crippen LogP contribution in [-0.4, -0.2) is 24.2 Å². The molecule has 7 heteroatoms. The fraction of sp³-hybridized carbons (Fsp3) is 0.524. The number of nitrogens with one attached hydrogen (secondary N) is 1. The predicted molar refractivity (Wildman–Crippen MR) is 111 cm³/mol. The number of carbonyl (C=O) groups is 2. The van der Waals surface area contributed by atoms with Crippen LogP contribution in [0.15, 0.2) is 30.4 Å². The number of halogens is 1. The Morgan fingerprint density at radius 1 is 1.36 bits per heavy atom. The van der Waals surface area contributed by atoms with Gasteiger partial charge in [0, 0.05) is 12.5 Å². The van der Waals surface area contributed by atoms with E-state index in [-0.39, 0.29) is 29.6 Å². The van der Waals surface area contributed by atoms with Crippen molar-refractivity contribution in [3.63, 3.8) is 0 Å². The summed E-state index contributed by atoms with van der Waals surface area (Å²) < 4.78 is 18.8. The zero-order valence-electron chi connectivity index (χ0n) is 16.2. The third-order valence-corrected chi connectivity index (χ3v) is 4.86. The largest absolute Gasteiger partial charge is 0.490 e. The third kappa shape index (κ3) is 7.64. The zero-order valence-corrected chi connectivity index (χ0v) is 17.1. The Hall–Kier alpha value is -1.86. The average Bonchev–Trinajstić information content (AvgIpc) is 3.42. The van der Waals surface area contributed by atoms with Crippen LogP contribution in [0.4, 0.5) is 4.39 Å². The summed E-state index contributed by atoms with van der Waals surface area (Å²) in [6, 6.07) is 4.72. The first-order valence-electron chi connectivity index (χ1n) is 9.68. The van der Waals surface area contributed by atoms with Gasteiger partial charge in [0.25, 0.3) is 0 Å².